The van der Waals surface area contributed by atoms with Crippen LogP contribution >= 0.6 is 0 Å². The van der Waals surface area contributed by atoms with Crippen LogP contribution in [-0.2, 0) is 0 Å². The summed E-state index contributed by atoms with van der Waals surface area (Å²) in [6.07, 6.45) is 0. The lowest BCUT2D eigenvalue weighted by Gasteiger charge is -2.35. The van der Waals surface area contributed by atoms with E-state index in [1.165, 1.54) is 43.8 Å². The number of anilines is 6. The molecule has 0 aliphatic rings. The van der Waals surface area contributed by atoms with E-state index in [1.807, 2.05) is 0 Å². The average Bonchev–Trinajstić information content (AvgIpc) is 3.31. The van der Waals surface area contributed by atoms with Crippen LogP contribution in [0.25, 0.3) is 54.9 Å². The van der Waals surface area contributed by atoms with Gasteiger partial charge in [0.15, 0.2) is 0 Å². The van der Waals surface area contributed by atoms with E-state index in [0.29, 0.717) is 0 Å². The minimum Gasteiger partial charge on any atom is -0.308 e. The third kappa shape index (κ3) is 6.57. The van der Waals surface area contributed by atoms with Crippen molar-refractivity contribution in [3.63, 3.8) is 0 Å². The highest BCUT2D eigenvalue weighted by atomic mass is 15.2. The molecule has 10 rings (SSSR count). The maximum absolute atomic E-state index is 2.42. The summed E-state index contributed by atoms with van der Waals surface area (Å²) >= 11 is 0. The first-order valence-corrected chi connectivity index (χ1v) is 19.9. The Balaban J connectivity index is 1.18. The number of rotatable bonds is 9. The number of benzene rings is 10. The number of hydrogen-bond donors (Lipinski definition) is 0. The van der Waals surface area contributed by atoms with Crippen LogP contribution in [0.2, 0.25) is 0 Å². The number of fused-ring (bicyclic) bond motifs is 2. The quantitative estimate of drug-likeness (QED) is 0.145. The Bertz CT molecular complexity index is 2960. The zero-order valence-electron chi connectivity index (χ0n) is 32.0. The zero-order chi connectivity index (χ0) is 38.7. The number of para-hydroxylation sites is 3. The molecule has 0 atom stereocenters. The minimum absolute atomic E-state index is 1.06. The first-order chi connectivity index (χ1) is 28.8. The molecule has 2 heteroatoms. The first kappa shape index (κ1) is 34.8. The van der Waals surface area contributed by atoms with E-state index < -0.39 is 0 Å². The van der Waals surface area contributed by atoms with E-state index in [2.05, 4.69) is 252 Å². The van der Waals surface area contributed by atoms with Gasteiger partial charge in [-0.3, -0.25) is 0 Å². The van der Waals surface area contributed by atoms with Crippen LogP contribution in [0.3, 0.4) is 0 Å². The second-order valence-electron chi connectivity index (χ2n) is 14.5. The summed E-state index contributed by atoms with van der Waals surface area (Å²) in [5.74, 6) is 0. The van der Waals surface area contributed by atoms with E-state index in [1.54, 1.807) is 0 Å². The molecule has 10 aromatic carbocycles. The molecule has 0 N–H and O–H groups in total. The maximum Gasteiger partial charge on any atom is 0.0781 e. The summed E-state index contributed by atoms with van der Waals surface area (Å²) in [6, 6.07) is 87.3. The molecule has 10 aromatic rings. The van der Waals surface area contributed by atoms with Gasteiger partial charge in [0.05, 0.1) is 11.4 Å². The highest BCUT2D eigenvalue weighted by Gasteiger charge is 2.26. The molecule has 0 radical (unpaired) electrons. The van der Waals surface area contributed by atoms with Crippen molar-refractivity contribution in [1.82, 2.24) is 0 Å². The molecule has 0 aliphatic heterocycles. The Hall–Kier alpha value is -7.68. The van der Waals surface area contributed by atoms with Gasteiger partial charge in [0.1, 0.15) is 0 Å². The highest BCUT2D eigenvalue weighted by molar-refractivity contribution is 6.01. The Morgan fingerprint density at radius 1 is 0.224 bits per heavy atom. The summed E-state index contributed by atoms with van der Waals surface area (Å²) < 4.78 is 0. The molecule has 0 fully saturated rings. The van der Waals surface area contributed by atoms with Crippen molar-refractivity contribution in [2.45, 2.75) is 0 Å². The van der Waals surface area contributed by atoms with Crippen molar-refractivity contribution in [2.75, 3.05) is 9.80 Å². The molecule has 0 saturated carbocycles. The molecule has 0 saturated heterocycles. The second kappa shape index (κ2) is 15.5. The normalized spacial score (nSPS) is 11.1. The summed E-state index contributed by atoms with van der Waals surface area (Å²) in [7, 11) is 0. The lowest BCUT2D eigenvalue weighted by Crippen LogP contribution is -2.18. The van der Waals surface area contributed by atoms with Crippen LogP contribution < -0.4 is 9.80 Å². The van der Waals surface area contributed by atoms with Gasteiger partial charge in [-0.25, -0.2) is 0 Å². The predicted molar refractivity (Wildman–Crippen MR) is 247 cm³/mol. The van der Waals surface area contributed by atoms with Crippen LogP contribution in [0.15, 0.2) is 243 Å². The minimum atomic E-state index is 1.06. The molecule has 58 heavy (non-hydrogen) atoms. The first-order valence-electron chi connectivity index (χ1n) is 19.9. The van der Waals surface area contributed by atoms with Crippen LogP contribution in [0.1, 0.15) is 0 Å². The van der Waals surface area contributed by atoms with E-state index in [-0.39, 0.29) is 0 Å². The van der Waals surface area contributed by atoms with E-state index in [4.69, 9.17) is 0 Å². The molecule has 0 heterocycles. The monoisotopic (exact) mass is 740 g/mol. The smallest absolute Gasteiger partial charge is 0.0781 e. The van der Waals surface area contributed by atoms with Crippen molar-refractivity contribution in [2.24, 2.45) is 0 Å². The van der Waals surface area contributed by atoms with Crippen molar-refractivity contribution in [3.8, 4) is 33.4 Å². The third-order valence-electron chi connectivity index (χ3n) is 11.0. The van der Waals surface area contributed by atoms with Gasteiger partial charge in [-0.2, -0.15) is 0 Å². The lowest BCUT2D eigenvalue weighted by molar-refractivity contribution is 1.23. The molecule has 274 valence electrons. The fourth-order valence-electron chi connectivity index (χ4n) is 8.32. The van der Waals surface area contributed by atoms with Crippen LogP contribution in [0.5, 0.6) is 0 Å². The molecule has 0 amide bonds. The number of hydrogen-bond acceptors (Lipinski definition) is 2. The summed E-state index contributed by atoms with van der Waals surface area (Å²) in [5, 5.41) is 4.98. The van der Waals surface area contributed by atoms with Gasteiger partial charge >= 0.3 is 0 Å². The second-order valence-corrected chi connectivity index (χ2v) is 14.5. The molecule has 0 aliphatic carbocycles. The fraction of sp³-hybridized carbons (Fsp3) is 0. The third-order valence-corrected chi connectivity index (χ3v) is 11.0. The lowest BCUT2D eigenvalue weighted by atomic mass is 9.96. The zero-order valence-corrected chi connectivity index (χ0v) is 32.0. The van der Waals surface area contributed by atoms with Gasteiger partial charge in [-0.1, -0.05) is 188 Å². The van der Waals surface area contributed by atoms with Crippen molar-refractivity contribution >= 4 is 55.7 Å². The Labute approximate surface area is 340 Å². The van der Waals surface area contributed by atoms with Crippen molar-refractivity contribution in [3.05, 3.63) is 243 Å². The van der Waals surface area contributed by atoms with Crippen molar-refractivity contribution in [1.29, 1.82) is 0 Å². The van der Waals surface area contributed by atoms with Gasteiger partial charge in [0, 0.05) is 28.3 Å². The molecule has 0 unspecified atom stereocenters. The fourth-order valence-corrected chi connectivity index (χ4v) is 8.32. The molecule has 0 bridgehead atoms. The topological polar surface area (TPSA) is 6.48 Å². The SMILES string of the molecule is c1ccc(-c2cccc(N(c3ccccc3)c3ccc(-c4cccc5ccccc45)cc3)c2N(c2ccccc2)c2ccc(-c3cccc4ccccc34)cc2)cc1. The molecule has 0 spiro atoms. The van der Waals surface area contributed by atoms with Gasteiger partial charge in [-0.05, 0) is 104 Å². The summed E-state index contributed by atoms with van der Waals surface area (Å²) in [5.41, 5.74) is 13.5. The standard InChI is InChI=1S/C56H40N2/c1-4-17-43(18-5-1)54-31-16-32-55(57(46-23-6-2-7-24-46)48-37-33-44(34-38-48)52-29-14-21-41-19-10-12-27-50(41)52)56(54)58(47-25-8-3-9-26-47)49-39-35-45(36-40-49)53-30-15-22-42-20-11-13-28-51(42)53/h1-40H. The maximum atomic E-state index is 2.42. The Morgan fingerprint density at radius 3 is 1.12 bits per heavy atom. The number of nitrogens with zero attached hydrogens (tertiary/aromatic N) is 2. The highest BCUT2D eigenvalue weighted by Crippen LogP contribution is 2.50. The van der Waals surface area contributed by atoms with Crippen LogP contribution in [-0.4, -0.2) is 0 Å². The molecular formula is C56H40N2. The Kier molecular flexibility index (Phi) is 9.27. The van der Waals surface area contributed by atoms with E-state index in [9.17, 15) is 0 Å². The summed E-state index contributed by atoms with van der Waals surface area (Å²) in [4.78, 5) is 4.82. The van der Waals surface area contributed by atoms with Crippen LogP contribution in [0.4, 0.5) is 34.1 Å². The predicted octanol–water partition coefficient (Wildman–Crippen LogP) is 15.9. The van der Waals surface area contributed by atoms with E-state index in [0.717, 1.165) is 45.3 Å². The van der Waals surface area contributed by atoms with Gasteiger partial charge in [0.25, 0.3) is 0 Å². The molecule has 2 nitrogen and oxygen atoms in total. The molecular weight excluding hydrogens is 701 g/mol. The largest absolute Gasteiger partial charge is 0.308 e. The van der Waals surface area contributed by atoms with Crippen LogP contribution in [0, 0.1) is 0 Å². The van der Waals surface area contributed by atoms with Gasteiger partial charge < -0.3 is 9.80 Å². The average molecular weight is 741 g/mol. The summed E-state index contributed by atoms with van der Waals surface area (Å²) in [6.45, 7) is 0. The van der Waals surface area contributed by atoms with Gasteiger partial charge in [0.2, 0.25) is 0 Å². The molecule has 0 aromatic heterocycles. The van der Waals surface area contributed by atoms with Gasteiger partial charge in [-0.15, -0.1) is 0 Å². The van der Waals surface area contributed by atoms with Crippen molar-refractivity contribution < 1.29 is 0 Å². The van der Waals surface area contributed by atoms with E-state index >= 15 is 0 Å². The Morgan fingerprint density at radius 2 is 0.586 bits per heavy atom.